The Morgan fingerprint density at radius 3 is 2.86 bits per heavy atom. The number of amides is 1. The number of nitrogens with one attached hydrogen (secondary N) is 1. The Balaban J connectivity index is 2.51. The second kappa shape index (κ2) is 9.88. The average Bonchev–Trinajstić information content (AvgIpc) is 2.46. The Kier molecular flexibility index (Phi) is 8.04. The summed E-state index contributed by atoms with van der Waals surface area (Å²) < 4.78 is 0. The molecule has 1 rings (SSSR count). The molecule has 0 aromatic carbocycles. The number of aliphatic carboxylic acids is 1. The smallest absolute Gasteiger partial charge is 0.304 e. The summed E-state index contributed by atoms with van der Waals surface area (Å²) in [5.41, 5.74) is 0.962. The summed E-state index contributed by atoms with van der Waals surface area (Å²) in [6.07, 6.45) is 5.40. The van der Waals surface area contributed by atoms with Crippen molar-refractivity contribution < 1.29 is 14.7 Å². The van der Waals surface area contributed by atoms with Crippen molar-refractivity contribution in [3.05, 3.63) is 30.1 Å². The number of carbonyl (C=O) groups excluding carboxylic acids is 1. The van der Waals surface area contributed by atoms with Gasteiger partial charge in [-0.05, 0) is 18.1 Å². The van der Waals surface area contributed by atoms with Crippen LogP contribution < -0.4 is 5.32 Å². The van der Waals surface area contributed by atoms with Gasteiger partial charge in [-0.1, -0.05) is 19.4 Å². The average molecular weight is 293 g/mol. The molecule has 0 saturated carbocycles. The third-order valence-electron chi connectivity index (χ3n) is 2.99. The third-order valence-corrected chi connectivity index (χ3v) is 2.99. The van der Waals surface area contributed by atoms with Gasteiger partial charge in [0.25, 0.3) is 0 Å². The molecule has 0 saturated heterocycles. The first-order chi connectivity index (χ1) is 10.1. The van der Waals surface area contributed by atoms with Crippen LogP contribution in [0.2, 0.25) is 0 Å². The Labute approximate surface area is 125 Å². The van der Waals surface area contributed by atoms with Crippen LogP contribution >= 0.6 is 0 Å². The monoisotopic (exact) mass is 293 g/mol. The number of carbonyl (C=O) groups is 2. The van der Waals surface area contributed by atoms with Gasteiger partial charge in [0.2, 0.25) is 5.91 Å². The van der Waals surface area contributed by atoms with E-state index in [1.807, 2.05) is 17.0 Å². The van der Waals surface area contributed by atoms with Crippen molar-refractivity contribution in [1.29, 1.82) is 0 Å². The molecule has 0 bridgehead atoms. The van der Waals surface area contributed by atoms with E-state index in [0.29, 0.717) is 19.6 Å². The predicted octanol–water partition coefficient (Wildman–Crippen LogP) is 1.27. The molecule has 1 heterocycles. The van der Waals surface area contributed by atoms with E-state index < -0.39 is 5.97 Å². The summed E-state index contributed by atoms with van der Waals surface area (Å²) in [4.78, 5) is 28.4. The van der Waals surface area contributed by atoms with Crippen LogP contribution in [0, 0.1) is 0 Å². The van der Waals surface area contributed by atoms with E-state index in [1.54, 1.807) is 12.4 Å². The lowest BCUT2D eigenvalue weighted by Gasteiger charge is -2.21. The first-order valence-electron chi connectivity index (χ1n) is 7.21. The summed E-state index contributed by atoms with van der Waals surface area (Å²) in [6, 6.07) is 3.74. The van der Waals surface area contributed by atoms with Crippen LogP contribution in [0.15, 0.2) is 24.5 Å². The summed E-state index contributed by atoms with van der Waals surface area (Å²) in [7, 11) is 0. The molecule has 6 nitrogen and oxygen atoms in total. The highest BCUT2D eigenvalue weighted by atomic mass is 16.4. The first-order valence-corrected chi connectivity index (χ1v) is 7.21. The zero-order valence-electron chi connectivity index (χ0n) is 12.4. The molecule has 1 aromatic heterocycles. The predicted molar refractivity (Wildman–Crippen MR) is 79.7 cm³/mol. The van der Waals surface area contributed by atoms with E-state index >= 15 is 0 Å². The Bertz CT molecular complexity index is 437. The van der Waals surface area contributed by atoms with Crippen LogP contribution in [0.25, 0.3) is 0 Å². The molecule has 6 heteroatoms. The highest BCUT2D eigenvalue weighted by Gasteiger charge is 2.12. The van der Waals surface area contributed by atoms with Gasteiger partial charge in [-0.15, -0.1) is 0 Å². The number of rotatable bonds is 10. The fraction of sp³-hybridized carbons (Fsp3) is 0.533. The van der Waals surface area contributed by atoms with Crippen molar-refractivity contribution in [2.45, 2.75) is 32.7 Å². The van der Waals surface area contributed by atoms with Gasteiger partial charge in [0, 0.05) is 32.0 Å². The highest BCUT2D eigenvalue weighted by molar-refractivity contribution is 5.78. The van der Waals surface area contributed by atoms with Crippen LogP contribution in [-0.2, 0) is 16.1 Å². The molecule has 0 aliphatic heterocycles. The third kappa shape index (κ3) is 8.04. The minimum absolute atomic E-state index is 0.0164. The molecule has 0 atom stereocenters. The normalized spacial score (nSPS) is 10.6. The number of carboxylic acids is 1. The number of hydrogen-bond acceptors (Lipinski definition) is 4. The number of unbranched alkanes of at least 4 members (excludes halogenated alkanes) is 1. The van der Waals surface area contributed by atoms with Crippen LogP contribution in [-0.4, -0.2) is 46.5 Å². The fourth-order valence-corrected chi connectivity index (χ4v) is 1.88. The number of nitrogens with zero attached hydrogens (tertiary/aromatic N) is 2. The van der Waals surface area contributed by atoms with E-state index in [0.717, 1.165) is 18.4 Å². The molecule has 1 aromatic rings. The van der Waals surface area contributed by atoms with E-state index in [2.05, 4.69) is 17.2 Å². The van der Waals surface area contributed by atoms with Crippen molar-refractivity contribution in [2.75, 3.05) is 19.6 Å². The molecule has 0 aliphatic rings. The number of pyridine rings is 1. The highest BCUT2D eigenvalue weighted by Crippen LogP contribution is 2.03. The molecule has 1 amide bonds. The van der Waals surface area contributed by atoms with E-state index in [-0.39, 0.29) is 18.9 Å². The first kappa shape index (κ1) is 17.1. The van der Waals surface area contributed by atoms with Gasteiger partial charge in [-0.3, -0.25) is 19.5 Å². The number of aromatic nitrogens is 1. The fourth-order valence-electron chi connectivity index (χ4n) is 1.88. The Morgan fingerprint density at radius 1 is 1.43 bits per heavy atom. The Morgan fingerprint density at radius 2 is 2.24 bits per heavy atom. The molecule has 0 radical (unpaired) electrons. The lowest BCUT2D eigenvalue weighted by atomic mass is 10.2. The van der Waals surface area contributed by atoms with E-state index in [1.165, 1.54) is 0 Å². The van der Waals surface area contributed by atoms with Crippen molar-refractivity contribution in [2.24, 2.45) is 0 Å². The SMILES string of the molecule is CCCCNC(=O)CN(CCC(=O)O)Cc1cccnc1. The van der Waals surface area contributed by atoms with Gasteiger partial charge in [0.1, 0.15) is 0 Å². The minimum atomic E-state index is -0.863. The van der Waals surface area contributed by atoms with Crippen molar-refractivity contribution in [3.8, 4) is 0 Å². The number of carboxylic acid groups (broad SMARTS) is 1. The van der Waals surface area contributed by atoms with Crippen molar-refractivity contribution in [3.63, 3.8) is 0 Å². The quantitative estimate of drug-likeness (QED) is 0.635. The maximum absolute atomic E-state index is 11.8. The van der Waals surface area contributed by atoms with Crippen LogP contribution in [0.5, 0.6) is 0 Å². The van der Waals surface area contributed by atoms with Crippen LogP contribution in [0.4, 0.5) is 0 Å². The second-order valence-electron chi connectivity index (χ2n) is 4.92. The molecule has 0 fully saturated rings. The van der Waals surface area contributed by atoms with Gasteiger partial charge in [-0.2, -0.15) is 0 Å². The standard InChI is InChI=1S/C15H23N3O3/c1-2-3-8-17-14(19)12-18(9-6-15(20)21)11-13-5-4-7-16-10-13/h4-5,7,10H,2-3,6,8-9,11-12H2,1H3,(H,17,19)(H,20,21). The molecular formula is C15H23N3O3. The largest absolute Gasteiger partial charge is 0.481 e. The minimum Gasteiger partial charge on any atom is -0.481 e. The summed E-state index contributed by atoms with van der Waals surface area (Å²) in [5.74, 6) is -0.935. The van der Waals surface area contributed by atoms with Crippen molar-refractivity contribution >= 4 is 11.9 Å². The summed E-state index contributed by atoms with van der Waals surface area (Å²) >= 11 is 0. The van der Waals surface area contributed by atoms with Crippen LogP contribution in [0.3, 0.4) is 0 Å². The molecule has 0 spiro atoms. The van der Waals surface area contributed by atoms with Gasteiger partial charge in [0.15, 0.2) is 0 Å². The van der Waals surface area contributed by atoms with Crippen LogP contribution in [0.1, 0.15) is 31.7 Å². The second-order valence-corrected chi connectivity index (χ2v) is 4.92. The lowest BCUT2D eigenvalue weighted by Crippen LogP contribution is -2.38. The number of hydrogen-bond donors (Lipinski definition) is 2. The lowest BCUT2D eigenvalue weighted by molar-refractivity contribution is -0.137. The molecule has 21 heavy (non-hydrogen) atoms. The molecule has 0 aliphatic carbocycles. The maximum atomic E-state index is 11.8. The van der Waals surface area contributed by atoms with Gasteiger partial charge < -0.3 is 10.4 Å². The molecule has 2 N–H and O–H groups in total. The zero-order valence-corrected chi connectivity index (χ0v) is 12.4. The van der Waals surface area contributed by atoms with Gasteiger partial charge >= 0.3 is 5.97 Å². The van der Waals surface area contributed by atoms with Gasteiger partial charge in [-0.25, -0.2) is 0 Å². The van der Waals surface area contributed by atoms with E-state index in [9.17, 15) is 9.59 Å². The molecule has 0 unspecified atom stereocenters. The zero-order chi connectivity index (χ0) is 15.5. The van der Waals surface area contributed by atoms with E-state index in [4.69, 9.17) is 5.11 Å². The molecule has 116 valence electrons. The van der Waals surface area contributed by atoms with Gasteiger partial charge in [0.05, 0.1) is 13.0 Å². The van der Waals surface area contributed by atoms with Crippen molar-refractivity contribution in [1.82, 2.24) is 15.2 Å². The topological polar surface area (TPSA) is 82.5 Å². The maximum Gasteiger partial charge on any atom is 0.304 e. The molecular weight excluding hydrogens is 270 g/mol. The summed E-state index contributed by atoms with van der Waals surface area (Å²) in [5, 5.41) is 11.6. The Hall–Kier alpha value is -1.95. The summed E-state index contributed by atoms with van der Waals surface area (Å²) in [6.45, 7) is 3.78.